The van der Waals surface area contributed by atoms with Crippen molar-refractivity contribution in [1.82, 2.24) is 0 Å². The quantitative estimate of drug-likeness (QED) is 0.807. The average molecular weight is 351 g/mol. The largest absolute Gasteiger partial charge is 0.467 e. The zero-order valence-corrected chi connectivity index (χ0v) is 14.3. The van der Waals surface area contributed by atoms with E-state index in [9.17, 15) is 0 Å². The van der Waals surface area contributed by atoms with E-state index in [0.29, 0.717) is 0 Å². The Morgan fingerprint density at radius 3 is 2.71 bits per heavy atom. The Morgan fingerprint density at radius 1 is 1.29 bits per heavy atom. The molecule has 114 valence electrons. The Hall–Kier alpha value is -1.26. The number of furan rings is 1. The lowest BCUT2D eigenvalue weighted by Crippen LogP contribution is -2.26. The van der Waals surface area contributed by atoms with Crippen molar-refractivity contribution in [2.75, 3.05) is 11.4 Å². The lowest BCUT2D eigenvalue weighted by molar-refractivity contribution is 0.503. The molecular formula is C17H23BrN2O. The fourth-order valence-electron chi connectivity index (χ4n) is 2.39. The van der Waals surface area contributed by atoms with Crippen LogP contribution in [0.3, 0.4) is 0 Å². The first-order valence-electron chi connectivity index (χ1n) is 7.45. The van der Waals surface area contributed by atoms with Crippen LogP contribution in [0.25, 0.3) is 0 Å². The highest BCUT2D eigenvalue weighted by molar-refractivity contribution is 9.10. The van der Waals surface area contributed by atoms with Gasteiger partial charge in [-0.05, 0) is 49.6 Å². The van der Waals surface area contributed by atoms with Crippen molar-refractivity contribution < 1.29 is 4.42 Å². The Kier molecular flexibility index (Phi) is 5.88. The summed E-state index contributed by atoms with van der Waals surface area (Å²) in [5.74, 6) is 0.975. The molecule has 1 atom stereocenters. The number of hydrogen-bond donors (Lipinski definition) is 1. The predicted molar refractivity (Wildman–Crippen MR) is 91.5 cm³/mol. The maximum atomic E-state index is 6.14. The van der Waals surface area contributed by atoms with Crippen LogP contribution in [0.5, 0.6) is 0 Å². The van der Waals surface area contributed by atoms with Crippen molar-refractivity contribution in [1.29, 1.82) is 0 Å². The van der Waals surface area contributed by atoms with Crippen LogP contribution in [0.4, 0.5) is 5.69 Å². The van der Waals surface area contributed by atoms with Crippen molar-refractivity contribution in [2.45, 2.75) is 39.3 Å². The molecule has 0 fully saturated rings. The molecule has 0 amide bonds. The van der Waals surface area contributed by atoms with Crippen molar-refractivity contribution in [2.24, 2.45) is 5.73 Å². The third-order valence-electron chi connectivity index (χ3n) is 3.70. The second kappa shape index (κ2) is 7.66. The molecule has 2 rings (SSSR count). The zero-order chi connectivity index (χ0) is 15.2. The molecule has 0 saturated carbocycles. The van der Waals surface area contributed by atoms with Gasteiger partial charge in [0.1, 0.15) is 5.76 Å². The van der Waals surface area contributed by atoms with E-state index >= 15 is 0 Å². The van der Waals surface area contributed by atoms with Gasteiger partial charge >= 0.3 is 0 Å². The molecule has 0 aliphatic rings. The van der Waals surface area contributed by atoms with Crippen molar-refractivity contribution in [3.63, 3.8) is 0 Å². The molecule has 1 aromatic carbocycles. The molecule has 1 aromatic heterocycles. The van der Waals surface area contributed by atoms with Crippen LogP contribution in [0.1, 0.15) is 31.6 Å². The second-order valence-corrected chi connectivity index (χ2v) is 6.15. The Labute approximate surface area is 135 Å². The number of nitrogens with zero attached hydrogens (tertiary/aromatic N) is 1. The lowest BCUT2D eigenvalue weighted by Gasteiger charge is -2.26. The molecule has 3 nitrogen and oxygen atoms in total. The maximum Gasteiger partial charge on any atom is 0.123 e. The minimum absolute atomic E-state index is 0.201. The number of hydrogen-bond acceptors (Lipinski definition) is 3. The molecule has 0 aliphatic carbocycles. The van der Waals surface area contributed by atoms with Crippen LogP contribution in [-0.4, -0.2) is 12.6 Å². The Bertz CT molecular complexity index is 554. The van der Waals surface area contributed by atoms with E-state index in [1.165, 1.54) is 11.3 Å². The Balaban J connectivity index is 2.27. The molecule has 21 heavy (non-hydrogen) atoms. The molecule has 0 radical (unpaired) electrons. The summed E-state index contributed by atoms with van der Waals surface area (Å²) in [6.07, 6.45) is 3.60. The summed E-state index contributed by atoms with van der Waals surface area (Å²) < 4.78 is 6.57. The van der Waals surface area contributed by atoms with E-state index in [1.54, 1.807) is 6.26 Å². The van der Waals surface area contributed by atoms with Gasteiger partial charge in [-0.25, -0.2) is 0 Å². The highest BCUT2D eigenvalue weighted by Gasteiger charge is 2.14. The third kappa shape index (κ3) is 4.35. The molecule has 0 spiro atoms. The predicted octanol–water partition coefficient (Wildman–Crippen LogP) is 4.35. The van der Waals surface area contributed by atoms with Gasteiger partial charge in [0.2, 0.25) is 0 Å². The number of halogens is 1. The number of anilines is 1. The number of rotatable bonds is 7. The smallest absolute Gasteiger partial charge is 0.123 e. The third-order valence-corrected chi connectivity index (χ3v) is 4.20. The minimum Gasteiger partial charge on any atom is -0.467 e. The summed E-state index contributed by atoms with van der Waals surface area (Å²) in [5.41, 5.74) is 8.66. The highest BCUT2D eigenvalue weighted by Crippen LogP contribution is 2.28. The van der Waals surface area contributed by atoms with Gasteiger partial charge in [-0.2, -0.15) is 0 Å². The summed E-state index contributed by atoms with van der Waals surface area (Å²) >= 11 is 3.57. The van der Waals surface area contributed by atoms with Crippen LogP contribution >= 0.6 is 15.9 Å². The lowest BCUT2D eigenvalue weighted by atomic mass is 10.0. The SMILES string of the molecule is CCC(N)Cc1ccc(Br)cc1N(CC)Cc1ccco1. The first-order valence-corrected chi connectivity index (χ1v) is 8.24. The summed E-state index contributed by atoms with van der Waals surface area (Å²) in [5, 5.41) is 0. The van der Waals surface area contributed by atoms with Gasteiger partial charge < -0.3 is 15.1 Å². The molecule has 0 aliphatic heterocycles. The van der Waals surface area contributed by atoms with Crippen LogP contribution in [0, 0.1) is 0 Å². The first kappa shape index (κ1) is 16.1. The normalized spacial score (nSPS) is 12.4. The van der Waals surface area contributed by atoms with Gasteiger partial charge in [-0.1, -0.05) is 28.9 Å². The van der Waals surface area contributed by atoms with Gasteiger partial charge in [0.05, 0.1) is 12.8 Å². The first-order chi connectivity index (χ1) is 10.1. The van der Waals surface area contributed by atoms with Crippen molar-refractivity contribution in [3.05, 3.63) is 52.4 Å². The number of nitrogens with two attached hydrogens (primary N) is 1. The molecule has 1 unspecified atom stereocenters. The molecule has 4 heteroatoms. The van der Waals surface area contributed by atoms with Gasteiger partial charge in [0.15, 0.2) is 0 Å². The van der Waals surface area contributed by atoms with Crippen LogP contribution in [-0.2, 0) is 13.0 Å². The van der Waals surface area contributed by atoms with Gasteiger partial charge in [0.25, 0.3) is 0 Å². The van der Waals surface area contributed by atoms with E-state index in [4.69, 9.17) is 10.2 Å². The van der Waals surface area contributed by atoms with Gasteiger partial charge in [0, 0.05) is 22.7 Å². The topological polar surface area (TPSA) is 42.4 Å². The fraction of sp³-hybridized carbons (Fsp3) is 0.412. The second-order valence-electron chi connectivity index (χ2n) is 5.24. The van der Waals surface area contributed by atoms with Crippen molar-refractivity contribution >= 4 is 21.6 Å². The summed E-state index contributed by atoms with van der Waals surface area (Å²) in [6, 6.07) is 10.6. The Morgan fingerprint density at radius 2 is 2.10 bits per heavy atom. The van der Waals surface area contributed by atoms with Gasteiger partial charge in [-0.15, -0.1) is 0 Å². The summed E-state index contributed by atoms with van der Waals surface area (Å²) in [6.45, 7) is 5.98. The minimum atomic E-state index is 0.201. The van der Waals surface area contributed by atoms with E-state index in [0.717, 1.165) is 36.2 Å². The monoisotopic (exact) mass is 350 g/mol. The van der Waals surface area contributed by atoms with E-state index in [-0.39, 0.29) is 6.04 Å². The molecule has 2 aromatic rings. The number of benzene rings is 1. The zero-order valence-electron chi connectivity index (χ0n) is 12.7. The standard InChI is InChI=1S/C17H23BrN2O/c1-3-15(19)10-13-7-8-14(18)11-17(13)20(4-2)12-16-6-5-9-21-16/h5-9,11,15H,3-4,10,12,19H2,1-2H3. The average Bonchev–Trinajstić information content (AvgIpc) is 2.99. The van der Waals surface area contributed by atoms with Gasteiger partial charge in [-0.3, -0.25) is 0 Å². The fourth-order valence-corrected chi connectivity index (χ4v) is 2.74. The van der Waals surface area contributed by atoms with Crippen LogP contribution in [0.2, 0.25) is 0 Å². The molecule has 0 saturated heterocycles. The van der Waals surface area contributed by atoms with Crippen LogP contribution in [0.15, 0.2) is 45.5 Å². The van der Waals surface area contributed by atoms with Crippen molar-refractivity contribution in [3.8, 4) is 0 Å². The van der Waals surface area contributed by atoms with E-state index in [1.807, 2.05) is 12.1 Å². The highest BCUT2D eigenvalue weighted by atomic mass is 79.9. The summed E-state index contributed by atoms with van der Waals surface area (Å²) in [7, 11) is 0. The van der Waals surface area contributed by atoms with E-state index in [2.05, 4.69) is 52.9 Å². The summed E-state index contributed by atoms with van der Waals surface area (Å²) in [4.78, 5) is 2.32. The molecule has 2 N–H and O–H groups in total. The van der Waals surface area contributed by atoms with Crippen LogP contribution < -0.4 is 10.6 Å². The molecule has 1 heterocycles. The molecular weight excluding hydrogens is 328 g/mol. The maximum absolute atomic E-state index is 6.14. The van der Waals surface area contributed by atoms with E-state index < -0.39 is 0 Å². The molecule has 0 bridgehead atoms.